The molecule has 0 saturated heterocycles. The summed E-state index contributed by atoms with van der Waals surface area (Å²) in [6, 6.07) is 7.34. The molecule has 1 atom stereocenters. The van der Waals surface area contributed by atoms with Gasteiger partial charge in [0.25, 0.3) is 0 Å². The number of rotatable bonds is 3. The van der Waals surface area contributed by atoms with Gasteiger partial charge >= 0.3 is 0 Å². The van der Waals surface area contributed by atoms with Gasteiger partial charge < -0.3 is 5.32 Å². The van der Waals surface area contributed by atoms with Crippen LogP contribution in [0.15, 0.2) is 30.3 Å². The molecular formula is C17H19F2N. The van der Waals surface area contributed by atoms with Gasteiger partial charge in [-0.1, -0.05) is 17.7 Å². The molecule has 0 aliphatic rings. The molecule has 0 aliphatic heterocycles. The van der Waals surface area contributed by atoms with Crippen LogP contribution in [-0.2, 0) is 0 Å². The summed E-state index contributed by atoms with van der Waals surface area (Å²) in [7, 11) is 1.76. The zero-order valence-electron chi connectivity index (χ0n) is 12.2. The molecule has 0 bridgehead atoms. The molecule has 0 heterocycles. The number of hydrogen-bond donors (Lipinski definition) is 1. The highest BCUT2D eigenvalue weighted by atomic mass is 19.1. The molecule has 2 rings (SSSR count). The fourth-order valence-electron chi connectivity index (χ4n) is 2.84. The maximum atomic E-state index is 14.0. The Morgan fingerprint density at radius 1 is 0.950 bits per heavy atom. The average molecular weight is 275 g/mol. The minimum Gasteiger partial charge on any atom is -0.309 e. The lowest BCUT2D eigenvalue weighted by atomic mass is 9.90. The van der Waals surface area contributed by atoms with E-state index in [1.807, 2.05) is 20.8 Å². The van der Waals surface area contributed by atoms with Crippen LogP contribution in [0.5, 0.6) is 0 Å². The summed E-state index contributed by atoms with van der Waals surface area (Å²) in [5.74, 6) is -0.825. The van der Waals surface area contributed by atoms with Crippen LogP contribution in [0.3, 0.4) is 0 Å². The summed E-state index contributed by atoms with van der Waals surface area (Å²) < 4.78 is 27.5. The molecule has 2 aromatic carbocycles. The van der Waals surface area contributed by atoms with Crippen LogP contribution in [0.1, 0.15) is 33.9 Å². The maximum Gasteiger partial charge on any atom is 0.128 e. The van der Waals surface area contributed by atoms with Crippen molar-refractivity contribution >= 4 is 0 Å². The van der Waals surface area contributed by atoms with Crippen molar-refractivity contribution in [2.75, 3.05) is 7.05 Å². The molecule has 1 nitrogen and oxygen atoms in total. The minimum atomic E-state index is -0.427. The van der Waals surface area contributed by atoms with E-state index < -0.39 is 11.6 Å². The van der Waals surface area contributed by atoms with Crippen molar-refractivity contribution in [3.05, 3.63) is 69.8 Å². The smallest absolute Gasteiger partial charge is 0.128 e. The minimum absolute atomic E-state index is 0.336. The van der Waals surface area contributed by atoms with E-state index in [4.69, 9.17) is 0 Å². The highest BCUT2D eigenvalue weighted by molar-refractivity contribution is 5.44. The second-order valence-electron chi connectivity index (χ2n) is 5.20. The van der Waals surface area contributed by atoms with Crippen LogP contribution in [0.4, 0.5) is 8.78 Å². The predicted octanol–water partition coefficient (Wildman–Crippen LogP) is 4.20. The standard InChI is InChI=1S/C17H19F2N/c1-10-7-11(2)16(12(3)8-10)17(20-4)14-9-13(18)5-6-15(14)19/h5-9,17,20H,1-4H3. The van der Waals surface area contributed by atoms with Crippen LogP contribution < -0.4 is 5.32 Å². The van der Waals surface area contributed by atoms with Gasteiger partial charge in [-0.15, -0.1) is 0 Å². The number of hydrogen-bond acceptors (Lipinski definition) is 1. The van der Waals surface area contributed by atoms with Gasteiger partial charge in [0.05, 0.1) is 6.04 Å². The van der Waals surface area contributed by atoms with Gasteiger partial charge in [0, 0.05) is 5.56 Å². The van der Waals surface area contributed by atoms with Crippen molar-refractivity contribution < 1.29 is 8.78 Å². The Labute approximate surface area is 118 Å². The van der Waals surface area contributed by atoms with E-state index in [2.05, 4.69) is 17.4 Å². The molecular weight excluding hydrogens is 256 g/mol. The first kappa shape index (κ1) is 14.7. The first-order valence-electron chi connectivity index (χ1n) is 6.64. The van der Waals surface area contributed by atoms with E-state index in [1.165, 1.54) is 17.7 Å². The summed E-state index contributed by atoms with van der Waals surface area (Å²) in [5, 5.41) is 3.10. The van der Waals surface area contributed by atoms with E-state index in [1.54, 1.807) is 7.05 Å². The van der Waals surface area contributed by atoms with Crippen LogP contribution in [0.25, 0.3) is 0 Å². The van der Waals surface area contributed by atoms with E-state index >= 15 is 0 Å². The molecule has 20 heavy (non-hydrogen) atoms. The van der Waals surface area contributed by atoms with Crippen molar-refractivity contribution in [2.24, 2.45) is 0 Å². The van der Waals surface area contributed by atoms with E-state index in [9.17, 15) is 8.78 Å². The normalized spacial score (nSPS) is 12.5. The molecule has 0 spiro atoms. The monoisotopic (exact) mass is 275 g/mol. The van der Waals surface area contributed by atoms with Gasteiger partial charge in [0.15, 0.2) is 0 Å². The fraction of sp³-hybridized carbons (Fsp3) is 0.294. The summed E-state index contributed by atoms with van der Waals surface area (Å²) in [4.78, 5) is 0. The highest BCUT2D eigenvalue weighted by Gasteiger charge is 2.20. The molecule has 0 amide bonds. The Bertz CT molecular complexity index is 612. The Morgan fingerprint density at radius 2 is 1.55 bits per heavy atom. The molecule has 0 saturated carbocycles. The predicted molar refractivity (Wildman–Crippen MR) is 77.9 cm³/mol. The Kier molecular flexibility index (Phi) is 4.19. The van der Waals surface area contributed by atoms with Crippen LogP contribution in [-0.4, -0.2) is 7.05 Å². The van der Waals surface area contributed by atoms with Crippen molar-refractivity contribution in [3.8, 4) is 0 Å². The molecule has 106 valence electrons. The van der Waals surface area contributed by atoms with Crippen LogP contribution in [0, 0.1) is 32.4 Å². The van der Waals surface area contributed by atoms with Crippen LogP contribution >= 0.6 is 0 Å². The first-order chi connectivity index (χ1) is 9.43. The van der Waals surface area contributed by atoms with Gasteiger partial charge in [-0.2, -0.15) is 0 Å². The van der Waals surface area contributed by atoms with Gasteiger partial charge in [0.1, 0.15) is 11.6 Å². The summed E-state index contributed by atoms with van der Waals surface area (Å²) in [6.07, 6.45) is 0. The molecule has 1 unspecified atom stereocenters. The zero-order chi connectivity index (χ0) is 14.9. The lowest BCUT2D eigenvalue weighted by Gasteiger charge is -2.23. The number of halogens is 2. The summed E-state index contributed by atoms with van der Waals surface area (Å²) in [5.41, 5.74) is 4.65. The first-order valence-corrected chi connectivity index (χ1v) is 6.64. The largest absolute Gasteiger partial charge is 0.309 e. The van der Waals surface area contributed by atoms with Crippen molar-refractivity contribution in [1.82, 2.24) is 5.32 Å². The average Bonchev–Trinajstić information content (AvgIpc) is 2.37. The Morgan fingerprint density at radius 3 is 2.10 bits per heavy atom. The topological polar surface area (TPSA) is 12.0 Å². The van der Waals surface area contributed by atoms with Crippen molar-refractivity contribution in [3.63, 3.8) is 0 Å². The van der Waals surface area contributed by atoms with Crippen molar-refractivity contribution in [2.45, 2.75) is 26.8 Å². The third-order valence-corrected chi connectivity index (χ3v) is 3.58. The van der Waals surface area contributed by atoms with Crippen molar-refractivity contribution in [1.29, 1.82) is 0 Å². The van der Waals surface area contributed by atoms with Gasteiger partial charge in [-0.3, -0.25) is 0 Å². The molecule has 1 N–H and O–H groups in total. The fourth-order valence-corrected chi connectivity index (χ4v) is 2.84. The molecule has 0 aliphatic carbocycles. The quantitative estimate of drug-likeness (QED) is 0.885. The maximum absolute atomic E-state index is 14.0. The van der Waals surface area contributed by atoms with E-state index in [-0.39, 0.29) is 6.04 Å². The molecule has 0 fully saturated rings. The van der Waals surface area contributed by atoms with Gasteiger partial charge in [-0.05, 0) is 62.7 Å². The highest BCUT2D eigenvalue weighted by Crippen LogP contribution is 2.30. The zero-order valence-corrected chi connectivity index (χ0v) is 12.2. The SMILES string of the molecule is CNC(c1cc(F)ccc1F)c1c(C)cc(C)cc1C. The lowest BCUT2D eigenvalue weighted by Crippen LogP contribution is -2.21. The van der Waals surface area contributed by atoms with E-state index in [0.29, 0.717) is 5.56 Å². The lowest BCUT2D eigenvalue weighted by molar-refractivity contribution is 0.556. The Hall–Kier alpha value is -1.74. The summed E-state index contributed by atoms with van der Waals surface area (Å²) >= 11 is 0. The number of benzene rings is 2. The third-order valence-electron chi connectivity index (χ3n) is 3.58. The summed E-state index contributed by atoms with van der Waals surface area (Å²) in [6.45, 7) is 6.02. The molecule has 3 heteroatoms. The van der Waals surface area contributed by atoms with Gasteiger partial charge in [-0.25, -0.2) is 8.78 Å². The molecule has 0 radical (unpaired) electrons. The Balaban J connectivity index is 2.61. The molecule has 0 aromatic heterocycles. The number of aryl methyl sites for hydroxylation is 3. The second kappa shape index (κ2) is 5.71. The van der Waals surface area contributed by atoms with Gasteiger partial charge in [0.2, 0.25) is 0 Å². The second-order valence-corrected chi connectivity index (χ2v) is 5.20. The number of nitrogens with one attached hydrogen (secondary N) is 1. The van der Waals surface area contributed by atoms with E-state index in [0.717, 1.165) is 22.8 Å². The molecule has 2 aromatic rings. The van der Waals surface area contributed by atoms with Crippen LogP contribution in [0.2, 0.25) is 0 Å². The third kappa shape index (κ3) is 2.73.